The molecule has 0 aliphatic heterocycles. The molecule has 1 atom stereocenters. The highest BCUT2D eigenvalue weighted by Gasteiger charge is 2.31. The first-order valence-corrected chi connectivity index (χ1v) is 13.8. The molecule has 1 aromatic carbocycles. The number of carbonyl (C=O) groups is 2. The van der Waals surface area contributed by atoms with Gasteiger partial charge in [0.2, 0.25) is 6.79 Å². The molecule has 194 valence electrons. The van der Waals surface area contributed by atoms with Gasteiger partial charge in [0.05, 0.1) is 12.6 Å². The molecule has 5 nitrogen and oxygen atoms in total. The minimum Gasteiger partial charge on any atom is -0.428 e. The number of hydrogen-bond donors (Lipinski definition) is 0. The molecule has 1 aliphatic rings. The molecule has 0 aromatic heterocycles. The van der Waals surface area contributed by atoms with Crippen LogP contribution < -0.4 is 0 Å². The summed E-state index contributed by atoms with van der Waals surface area (Å²) >= 11 is 0. The van der Waals surface area contributed by atoms with E-state index in [1.165, 1.54) is 69.8 Å². The summed E-state index contributed by atoms with van der Waals surface area (Å²) < 4.78 is 10.3. The number of hydrogen-bond acceptors (Lipinski definition) is 4. The van der Waals surface area contributed by atoms with Gasteiger partial charge in [0.1, 0.15) is 0 Å². The third kappa shape index (κ3) is 11.2. The molecule has 0 spiro atoms. The number of amides is 1. The number of unbranched alkanes of at least 4 members (excludes halogenated alkanes) is 12. The molecule has 0 heterocycles. The normalized spacial score (nSPS) is 14.2. The van der Waals surface area contributed by atoms with Crippen LogP contribution in [0.3, 0.4) is 0 Å². The van der Waals surface area contributed by atoms with E-state index in [2.05, 4.69) is 18.9 Å². The van der Waals surface area contributed by atoms with Crippen molar-refractivity contribution in [3.05, 3.63) is 35.4 Å². The van der Waals surface area contributed by atoms with Crippen LogP contribution in [0, 0.1) is 12.3 Å². The zero-order valence-corrected chi connectivity index (χ0v) is 21.8. The molecule has 35 heavy (non-hydrogen) atoms. The van der Waals surface area contributed by atoms with Gasteiger partial charge in [0, 0.05) is 6.42 Å². The fraction of sp³-hybridized carbons (Fsp3) is 0.667. The molecule has 2 rings (SSSR count). The predicted octanol–water partition coefficient (Wildman–Crippen LogP) is 7.73. The summed E-state index contributed by atoms with van der Waals surface area (Å²) in [5, 5.41) is 0. The Hall–Kier alpha value is -2.48. The number of fused-ring (bicyclic) bond motifs is 1. The SMILES string of the molecule is C#CCN(C(=O)OCOC(=O)CCCCCCCCCCCCCCC)[C@@H]1CCc2ccccc21. The molecule has 1 amide bonds. The van der Waals surface area contributed by atoms with Crippen LogP contribution in [0.25, 0.3) is 0 Å². The second kappa shape index (κ2) is 17.9. The van der Waals surface area contributed by atoms with Crippen molar-refractivity contribution in [2.24, 2.45) is 0 Å². The first-order valence-electron chi connectivity index (χ1n) is 13.8. The Labute approximate surface area is 212 Å². The van der Waals surface area contributed by atoms with Gasteiger partial charge >= 0.3 is 12.1 Å². The zero-order chi connectivity index (χ0) is 25.1. The maximum Gasteiger partial charge on any atom is 0.413 e. The smallest absolute Gasteiger partial charge is 0.413 e. The number of benzene rings is 1. The molecule has 0 unspecified atom stereocenters. The highest BCUT2D eigenvalue weighted by atomic mass is 16.7. The van der Waals surface area contributed by atoms with Gasteiger partial charge in [0.25, 0.3) is 0 Å². The Kier molecular flexibility index (Phi) is 14.7. The maximum atomic E-state index is 12.6. The van der Waals surface area contributed by atoms with Crippen LogP contribution in [-0.2, 0) is 20.7 Å². The van der Waals surface area contributed by atoms with Crippen LogP contribution in [-0.4, -0.2) is 30.3 Å². The molecule has 0 N–H and O–H groups in total. The first kappa shape index (κ1) is 28.8. The summed E-state index contributed by atoms with van der Waals surface area (Å²) in [7, 11) is 0. The number of terminal acetylenes is 1. The van der Waals surface area contributed by atoms with Gasteiger partial charge < -0.3 is 9.47 Å². The third-order valence-electron chi connectivity index (χ3n) is 6.86. The maximum absolute atomic E-state index is 12.6. The topological polar surface area (TPSA) is 55.8 Å². The van der Waals surface area contributed by atoms with E-state index in [0.717, 1.165) is 37.7 Å². The van der Waals surface area contributed by atoms with Crippen molar-refractivity contribution in [1.29, 1.82) is 0 Å². The summed E-state index contributed by atoms with van der Waals surface area (Å²) in [6.07, 6.45) is 23.4. The second-order valence-electron chi connectivity index (χ2n) is 9.62. The molecule has 0 saturated heterocycles. The Morgan fingerprint density at radius 3 is 2.14 bits per heavy atom. The molecule has 1 aliphatic carbocycles. The van der Waals surface area contributed by atoms with Gasteiger partial charge in [-0.2, -0.15) is 0 Å². The van der Waals surface area contributed by atoms with Crippen molar-refractivity contribution < 1.29 is 19.1 Å². The van der Waals surface area contributed by atoms with Gasteiger partial charge in [-0.1, -0.05) is 114 Å². The van der Waals surface area contributed by atoms with Gasteiger partial charge in [-0.05, 0) is 30.4 Å². The number of ether oxygens (including phenoxy) is 2. The van der Waals surface area contributed by atoms with Crippen molar-refractivity contribution in [2.45, 2.75) is 116 Å². The number of aryl methyl sites for hydroxylation is 1. The highest BCUT2D eigenvalue weighted by molar-refractivity contribution is 5.71. The van der Waals surface area contributed by atoms with Crippen LogP contribution >= 0.6 is 0 Å². The van der Waals surface area contributed by atoms with E-state index in [4.69, 9.17) is 15.9 Å². The van der Waals surface area contributed by atoms with E-state index in [1.54, 1.807) is 4.90 Å². The van der Waals surface area contributed by atoms with Crippen molar-refractivity contribution in [1.82, 2.24) is 4.90 Å². The Bertz CT molecular complexity index is 785. The van der Waals surface area contributed by atoms with Gasteiger partial charge in [0.15, 0.2) is 0 Å². The van der Waals surface area contributed by atoms with Crippen LogP contribution in [0.1, 0.15) is 120 Å². The predicted molar refractivity (Wildman–Crippen MR) is 141 cm³/mol. The standard InChI is InChI=1S/C30H45NO4/c1-3-5-6-7-8-9-10-11-12-13-14-15-16-21-29(32)34-25-35-30(33)31(24-4-2)28-23-22-26-19-17-18-20-27(26)28/h2,17-20,28H,3,5-16,21-25H2,1H3/t28-/m1/s1. The summed E-state index contributed by atoms with van der Waals surface area (Å²) in [4.78, 5) is 26.1. The second-order valence-corrected chi connectivity index (χ2v) is 9.62. The minimum atomic E-state index is -0.543. The zero-order valence-electron chi connectivity index (χ0n) is 21.8. The summed E-state index contributed by atoms with van der Waals surface area (Å²) in [5.41, 5.74) is 2.34. The van der Waals surface area contributed by atoms with E-state index in [-0.39, 0.29) is 25.3 Å². The van der Waals surface area contributed by atoms with Gasteiger partial charge in [-0.15, -0.1) is 6.42 Å². The molecule has 0 fully saturated rings. The lowest BCUT2D eigenvalue weighted by Gasteiger charge is -2.27. The summed E-state index contributed by atoms with van der Waals surface area (Å²) in [6, 6.07) is 7.97. The van der Waals surface area contributed by atoms with Gasteiger partial charge in [-0.3, -0.25) is 9.69 Å². The summed E-state index contributed by atoms with van der Waals surface area (Å²) in [5.74, 6) is 2.22. The molecule has 1 aromatic rings. The molecular weight excluding hydrogens is 438 g/mol. The van der Waals surface area contributed by atoms with E-state index in [9.17, 15) is 9.59 Å². The van der Waals surface area contributed by atoms with Crippen molar-refractivity contribution >= 4 is 12.1 Å². The van der Waals surface area contributed by atoms with E-state index >= 15 is 0 Å². The van der Waals surface area contributed by atoms with Crippen LogP contribution in [0.5, 0.6) is 0 Å². The largest absolute Gasteiger partial charge is 0.428 e. The van der Waals surface area contributed by atoms with E-state index in [0.29, 0.717) is 6.42 Å². The lowest BCUT2D eigenvalue weighted by Crippen LogP contribution is -2.35. The molecule has 0 radical (unpaired) electrons. The molecule has 0 saturated carbocycles. The number of nitrogens with zero attached hydrogens (tertiary/aromatic N) is 1. The van der Waals surface area contributed by atoms with Crippen molar-refractivity contribution in [3.8, 4) is 12.3 Å². The Morgan fingerprint density at radius 2 is 1.51 bits per heavy atom. The average molecular weight is 484 g/mol. The van der Waals surface area contributed by atoms with Crippen LogP contribution in [0.15, 0.2) is 24.3 Å². The Balaban J connectivity index is 1.50. The lowest BCUT2D eigenvalue weighted by molar-refractivity contribution is -0.152. The number of esters is 1. The van der Waals surface area contributed by atoms with Crippen molar-refractivity contribution in [2.75, 3.05) is 13.3 Å². The number of rotatable bonds is 18. The minimum absolute atomic E-state index is 0.101. The average Bonchev–Trinajstić information content (AvgIpc) is 3.29. The van der Waals surface area contributed by atoms with Crippen LogP contribution in [0.2, 0.25) is 0 Å². The molecule has 0 bridgehead atoms. The molecule has 5 heteroatoms. The fourth-order valence-corrected chi connectivity index (χ4v) is 4.85. The number of carbonyl (C=O) groups excluding carboxylic acids is 2. The van der Waals surface area contributed by atoms with Crippen molar-refractivity contribution in [3.63, 3.8) is 0 Å². The Morgan fingerprint density at radius 1 is 0.914 bits per heavy atom. The lowest BCUT2D eigenvalue weighted by atomic mass is 10.0. The fourth-order valence-electron chi connectivity index (χ4n) is 4.85. The highest BCUT2D eigenvalue weighted by Crippen LogP contribution is 2.35. The third-order valence-corrected chi connectivity index (χ3v) is 6.86. The van der Waals surface area contributed by atoms with E-state index in [1.807, 2.05) is 18.2 Å². The summed E-state index contributed by atoms with van der Waals surface area (Å²) in [6.45, 7) is 2.04. The quantitative estimate of drug-likeness (QED) is 0.0928. The monoisotopic (exact) mass is 483 g/mol. The van der Waals surface area contributed by atoms with Crippen LogP contribution in [0.4, 0.5) is 4.79 Å². The van der Waals surface area contributed by atoms with Gasteiger partial charge in [-0.25, -0.2) is 4.79 Å². The van der Waals surface area contributed by atoms with E-state index < -0.39 is 6.09 Å². The molecular formula is C30H45NO4. The first-order chi connectivity index (χ1) is 17.2.